The highest BCUT2D eigenvalue weighted by atomic mass is 35.5. The Morgan fingerprint density at radius 2 is 0.909 bits per heavy atom. The molecule has 1 aliphatic rings. The van der Waals surface area contributed by atoms with Crippen molar-refractivity contribution in [2.24, 2.45) is 0 Å². The Kier molecular flexibility index (Phi) is 4.71. The minimum atomic E-state index is 0.0562. The number of hydrogen-bond acceptors (Lipinski definition) is 1. The molecule has 0 amide bonds. The van der Waals surface area contributed by atoms with Gasteiger partial charge >= 0.3 is 0 Å². The first-order chi connectivity index (χ1) is 16.2. The molecule has 0 N–H and O–H groups in total. The standard InChI is InChI=1S/C31H19ClO/c32-29-19-27(21-12-5-2-6-13-21)26(20-10-3-1-4-11-20)18-28(29)24-17-9-16-23-22-14-7-8-15-25(22)31(33)30(23)24/h1-19H. The predicted octanol–water partition coefficient (Wildman–Crippen LogP) is 8.55. The Balaban J connectivity index is 1.62. The number of hydrogen-bond donors (Lipinski definition) is 0. The monoisotopic (exact) mass is 442 g/mol. The van der Waals surface area contributed by atoms with Crippen LogP contribution in [-0.2, 0) is 0 Å². The van der Waals surface area contributed by atoms with Gasteiger partial charge in [0, 0.05) is 21.7 Å². The number of carbonyl (C=O) groups excluding carboxylic acids is 1. The normalized spacial score (nSPS) is 11.8. The molecule has 0 aromatic heterocycles. The summed E-state index contributed by atoms with van der Waals surface area (Å²) in [6, 6.07) is 38.6. The van der Waals surface area contributed by atoms with Crippen LogP contribution in [0.15, 0.2) is 115 Å². The van der Waals surface area contributed by atoms with Crippen LogP contribution >= 0.6 is 11.6 Å². The van der Waals surface area contributed by atoms with Crippen molar-refractivity contribution in [3.63, 3.8) is 0 Å². The van der Waals surface area contributed by atoms with Gasteiger partial charge in [-0.15, -0.1) is 0 Å². The van der Waals surface area contributed by atoms with Crippen LogP contribution < -0.4 is 0 Å². The molecule has 0 spiro atoms. The molecule has 5 aromatic rings. The Morgan fingerprint density at radius 1 is 0.424 bits per heavy atom. The zero-order chi connectivity index (χ0) is 22.4. The molecular weight excluding hydrogens is 424 g/mol. The average molecular weight is 443 g/mol. The lowest BCUT2D eigenvalue weighted by Gasteiger charge is -2.16. The molecule has 0 heterocycles. The van der Waals surface area contributed by atoms with Gasteiger partial charge in [-0.05, 0) is 51.1 Å². The van der Waals surface area contributed by atoms with Crippen molar-refractivity contribution in [2.45, 2.75) is 0 Å². The highest BCUT2D eigenvalue weighted by Gasteiger charge is 2.29. The van der Waals surface area contributed by atoms with Gasteiger partial charge in [-0.1, -0.05) is 115 Å². The van der Waals surface area contributed by atoms with E-state index in [9.17, 15) is 4.79 Å². The van der Waals surface area contributed by atoms with E-state index in [2.05, 4.69) is 30.3 Å². The maximum Gasteiger partial charge on any atom is 0.194 e. The number of carbonyl (C=O) groups is 1. The van der Waals surface area contributed by atoms with Gasteiger partial charge in [-0.2, -0.15) is 0 Å². The average Bonchev–Trinajstić information content (AvgIpc) is 3.17. The summed E-state index contributed by atoms with van der Waals surface area (Å²) < 4.78 is 0. The minimum Gasteiger partial charge on any atom is -0.289 e. The summed E-state index contributed by atoms with van der Waals surface area (Å²) in [5.74, 6) is 0.0562. The van der Waals surface area contributed by atoms with Gasteiger partial charge in [-0.3, -0.25) is 4.79 Å². The molecule has 0 saturated heterocycles. The third-order valence-electron chi connectivity index (χ3n) is 6.32. The van der Waals surface area contributed by atoms with Crippen molar-refractivity contribution >= 4 is 17.4 Å². The summed E-state index contributed by atoms with van der Waals surface area (Å²) in [7, 11) is 0. The highest BCUT2D eigenvalue weighted by molar-refractivity contribution is 6.35. The zero-order valence-electron chi connectivity index (χ0n) is 17.8. The Hall–Kier alpha value is -3.94. The van der Waals surface area contributed by atoms with Gasteiger partial charge in [0.15, 0.2) is 5.78 Å². The number of rotatable bonds is 3. The first-order valence-electron chi connectivity index (χ1n) is 10.9. The molecule has 0 fully saturated rings. The van der Waals surface area contributed by atoms with E-state index in [1.165, 1.54) is 0 Å². The second kappa shape index (κ2) is 7.88. The van der Waals surface area contributed by atoms with Crippen LogP contribution in [0.4, 0.5) is 0 Å². The van der Waals surface area contributed by atoms with Crippen LogP contribution in [0.5, 0.6) is 0 Å². The van der Waals surface area contributed by atoms with E-state index in [-0.39, 0.29) is 5.78 Å². The van der Waals surface area contributed by atoms with Crippen LogP contribution in [0.2, 0.25) is 5.02 Å². The van der Waals surface area contributed by atoms with E-state index >= 15 is 0 Å². The number of ketones is 1. The molecule has 2 heteroatoms. The first kappa shape index (κ1) is 19.7. The van der Waals surface area contributed by atoms with Crippen molar-refractivity contribution in [2.75, 3.05) is 0 Å². The quantitative estimate of drug-likeness (QED) is 0.268. The third-order valence-corrected chi connectivity index (χ3v) is 6.63. The molecular formula is C31H19ClO. The molecule has 33 heavy (non-hydrogen) atoms. The van der Waals surface area contributed by atoms with Gasteiger partial charge < -0.3 is 0 Å². The van der Waals surface area contributed by atoms with E-state index in [0.717, 1.165) is 55.6 Å². The van der Waals surface area contributed by atoms with Gasteiger partial charge in [0.2, 0.25) is 0 Å². The fourth-order valence-corrected chi connectivity index (χ4v) is 5.05. The van der Waals surface area contributed by atoms with E-state index in [0.29, 0.717) is 5.02 Å². The van der Waals surface area contributed by atoms with Crippen LogP contribution in [0, 0.1) is 0 Å². The summed E-state index contributed by atoms with van der Waals surface area (Å²) in [4.78, 5) is 13.4. The van der Waals surface area contributed by atoms with Crippen molar-refractivity contribution in [3.05, 3.63) is 131 Å². The maximum absolute atomic E-state index is 13.4. The lowest BCUT2D eigenvalue weighted by atomic mass is 9.88. The molecule has 156 valence electrons. The molecule has 0 saturated carbocycles. The van der Waals surface area contributed by atoms with Gasteiger partial charge in [0.05, 0.1) is 0 Å². The number of halogens is 1. The molecule has 0 atom stereocenters. The summed E-state index contributed by atoms with van der Waals surface area (Å²) in [5, 5.41) is 0.630. The molecule has 1 nitrogen and oxygen atoms in total. The van der Waals surface area contributed by atoms with Crippen LogP contribution in [0.3, 0.4) is 0 Å². The van der Waals surface area contributed by atoms with E-state index in [4.69, 9.17) is 11.6 Å². The van der Waals surface area contributed by atoms with Crippen LogP contribution in [0.1, 0.15) is 15.9 Å². The predicted molar refractivity (Wildman–Crippen MR) is 137 cm³/mol. The lowest BCUT2D eigenvalue weighted by molar-refractivity contribution is 0.104. The zero-order valence-corrected chi connectivity index (χ0v) is 18.5. The lowest BCUT2D eigenvalue weighted by Crippen LogP contribution is -1.99. The van der Waals surface area contributed by atoms with Crippen molar-refractivity contribution in [1.29, 1.82) is 0 Å². The SMILES string of the molecule is O=C1c2ccccc2-c2cccc(-c3cc(-c4ccccc4)c(-c4ccccc4)cc3Cl)c21. The van der Waals surface area contributed by atoms with Crippen molar-refractivity contribution in [3.8, 4) is 44.5 Å². The molecule has 0 bridgehead atoms. The largest absolute Gasteiger partial charge is 0.289 e. The van der Waals surface area contributed by atoms with E-state index in [1.807, 2.05) is 84.9 Å². The molecule has 0 radical (unpaired) electrons. The van der Waals surface area contributed by atoms with Crippen molar-refractivity contribution < 1.29 is 4.79 Å². The van der Waals surface area contributed by atoms with Crippen molar-refractivity contribution in [1.82, 2.24) is 0 Å². The Labute approximate surface area is 197 Å². The fraction of sp³-hybridized carbons (Fsp3) is 0. The van der Waals surface area contributed by atoms with Crippen LogP contribution in [0.25, 0.3) is 44.5 Å². The first-order valence-corrected chi connectivity index (χ1v) is 11.3. The third kappa shape index (κ3) is 3.21. The second-order valence-electron chi connectivity index (χ2n) is 8.21. The minimum absolute atomic E-state index is 0.0562. The second-order valence-corrected chi connectivity index (χ2v) is 8.62. The maximum atomic E-state index is 13.4. The van der Waals surface area contributed by atoms with Crippen LogP contribution in [-0.4, -0.2) is 5.78 Å². The van der Waals surface area contributed by atoms with E-state index in [1.54, 1.807) is 0 Å². The summed E-state index contributed by atoms with van der Waals surface area (Å²) in [5.41, 5.74) is 9.54. The Morgan fingerprint density at radius 3 is 1.55 bits per heavy atom. The molecule has 6 rings (SSSR count). The summed E-state index contributed by atoms with van der Waals surface area (Å²) >= 11 is 6.92. The fourth-order valence-electron chi connectivity index (χ4n) is 4.79. The smallest absolute Gasteiger partial charge is 0.194 e. The topological polar surface area (TPSA) is 17.1 Å². The van der Waals surface area contributed by atoms with Gasteiger partial charge in [0.1, 0.15) is 0 Å². The van der Waals surface area contributed by atoms with Gasteiger partial charge in [-0.25, -0.2) is 0 Å². The summed E-state index contributed by atoms with van der Waals surface area (Å²) in [6.45, 7) is 0. The molecule has 1 aliphatic carbocycles. The van der Waals surface area contributed by atoms with Gasteiger partial charge in [0.25, 0.3) is 0 Å². The molecule has 0 unspecified atom stereocenters. The number of benzene rings is 5. The van der Waals surface area contributed by atoms with E-state index < -0.39 is 0 Å². The Bertz CT molecular complexity index is 1520. The summed E-state index contributed by atoms with van der Waals surface area (Å²) in [6.07, 6.45) is 0. The molecule has 0 aliphatic heterocycles. The molecule has 5 aromatic carbocycles. The number of fused-ring (bicyclic) bond motifs is 3. The highest BCUT2D eigenvalue weighted by Crippen LogP contribution is 2.45.